The number of ether oxygens (including phenoxy) is 1. The number of hydrogen-bond donors (Lipinski definition) is 2. The summed E-state index contributed by atoms with van der Waals surface area (Å²) < 4.78 is 5.97. The highest BCUT2D eigenvalue weighted by molar-refractivity contribution is 5.59. The highest BCUT2D eigenvalue weighted by atomic mass is 16.6. The Kier molecular flexibility index (Phi) is 3.72. The van der Waals surface area contributed by atoms with E-state index in [2.05, 4.69) is 15.4 Å². The Morgan fingerprint density at radius 3 is 2.43 bits per heavy atom. The molecule has 0 aromatic carbocycles. The monoisotopic (exact) mass is 296 g/mol. The summed E-state index contributed by atoms with van der Waals surface area (Å²) >= 11 is 0. The third-order valence-electron chi connectivity index (χ3n) is 3.07. The summed E-state index contributed by atoms with van der Waals surface area (Å²) in [7, 11) is 0. The molecule has 116 valence electrons. The fourth-order valence-corrected chi connectivity index (χ4v) is 2.73. The molecule has 0 spiro atoms. The van der Waals surface area contributed by atoms with Crippen LogP contribution < -0.4 is 16.2 Å². The molecule has 2 heterocycles. The van der Waals surface area contributed by atoms with Crippen LogP contribution in [0.25, 0.3) is 0 Å². The predicted octanol–water partition coefficient (Wildman–Crippen LogP) is 1.06. The number of nitrogens with one attached hydrogen (secondary N) is 1. The molecular weight excluding hydrogens is 276 g/mol. The maximum Gasteiger partial charge on any atom is 0.329 e. The van der Waals surface area contributed by atoms with Crippen LogP contribution in [-0.4, -0.2) is 39.2 Å². The number of rotatable bonds is 3. The minimum absolute atomic E-state index is 0.137. The quantitative estimate of drug-likeness (QED) is 0.483. The molecule has 0 bridgehead atoms. The summed E-state index contributed by atoms with van der Waals surface area (Å²) in [6.45, 7) is 8.73. The number of nitro groups is 1. The molecule has 2 rings (SSSR count). The molecule has 0 saturated carbocycles. The first-order valence-corrected chi connectivity index (χ1v) is 6.57. The number of anilines is 2. The molecule has 3 N–H and O–H groups in total. The second kappa shape index (κ2) is 5.08. The Bertz CT molecular complexity index is 544. The lowest BCUT2D eigenvalue weighted by atomic mass is 9.99. The minimum Gasteiger partial charge on any atom is -0.366 e. The summed E-state index contributed by atoms with van der Waals surface area (Å²) in [4.78, 5) is 20.5. The van der Waals surface area contributed by atoms with E-state index in [1.807, 2.05) is 32.6 Å². The van der Waals surface area contributed by atoms with E-state index in [4.69, 9.17) is 10.6 Å². The second-order valence-electron chi connectivity index (χ2n) is 6.28. The lowest BCUT2D eigenvalue weighted by Crippen LogP contribution is -2.57. The third-order valence-corrected chi connectivity index (χ3v) is 3.07. The number of nitrogens with two attached hydrogens (primary N) is 1. The maximum atomic E-state index is 11.2. The molecule has 0 radical (unpaired) electrons. The smallest absolute Gasteiger partial charge is 0.329 e. The maximum absolute atomic E-state index is 11.2. The lowest BCUT2D eigenvalue weighted by Gasteiger charge is -2.47. The van der Waals surface area contributed by atoms with E-state index < -0.39 is 16.1 Å². The molecule has 1 fully saturated rings. The first-order chi connectivity index (χ1) is 9.63. The first-order valence-electron chi connectivity index (χ1n) is 6.57. The van der Waals surface area contributed by atoms with Gasteiger partial charge in [-0.05, 0) is 27.7 Å². The van der Waals surface area contributed by atoms with E-state index in [0.29, 0.717) is 13.1 Å². The van der Waals surface area contributed by atoms with Crippen molar-refractivity contribution in [3.8, 4) is 0 Å². The van der Waals surface area contributed by atoms with E-state index in [0.717, 1.165) is 6.20 Å². The van der Waals surface area contributed by atoms with Crippen molar-refractivity contribution in [3.63, 3.8) is 0 Å². The Balaban J connectivity index is 2.46. The van der Waals surface area contributed by atoms with Crippen LogP contribution in [0.4, 0.5) is 17.5 Å². The molecule has 1 aromatic heterocycles. The molecule has 21 heavy (non-hydrogen) atoms. The van der Waals surface area contributed by atoms with Crippen molar-refractivity contribution >= 4 is 17.5 Å². The van der Waals surface area contributed by atoms with Gasteiger partial charge in [0.05, 0.1) is 16.1 Å². The molecular formula is C12H20N6O3. The number of morpholine rings is 1. The van der Waals surface area contributed by atoms with Gasteiger partial charge in [0, 0.05) is 13.1 Å². The second-order valence-corrected chi connectivity index (χ2v) is 6.28. The van der Waals surface area contributed by atoms with Crippen molar-refractivity contribution < 1.29 is 9.66 Å². The molecule has 0 unspecified atom stereocenters. The predicted molar refractivity (Wildman–Crippen MR) is 78.0 cm³/mol. The van der Waals surface area contributed by atoms with E-state index in [1.54, 1.807) is 0 Å². The summed E-state index contributed by atoms with van der Waals surface area (Å²) in [5.41, 5.74) is 1.27. The first kappa shape index (κ1) is 15.4. The van der Waals surface area contributed by atoms with Crippen molar-refractivity contribution in [1.82, 2.24) is 9.97 Å². The Hall–Kier alpha value is -2.00. The van der Waals surface area contributed by atoms with Gasteiger partial charge in [-0.1, -0.05) is 0 Å². The van der Waals surface area contributed by atoms with E-state index >= 15 is 0 Å². The molecule has 9 heteroatoms. The average molecular weight is 296 g/mol. The summed E-state index contributed by atoms with van der Waals surface area (Å²) in [5.74, 6) is 5.67. The van der Waals surface area contributed by atoms with Crippen LogP contribution in [0.2, 0.25) is 0 Å². The molecule has 1 aliphatic heterocycles. The highest BCUT2D eigenvalue weighted by Crippen LogP contribution is 2.34. The topological polar surface area (TPSA) is 119 Å². The standard InChI is InChI=1S/C12H20N6O3/c1-11(2)6-17(7-12(3,4)21-11)9-8(18(19)20)5-14-10(15-9)16-13/h5H,6-7,13H2,1-4H3,(H,14,15,16). The van der Waals surface area contributed by atoms with Crippen LogP contribution in [0.15, 0.2) is 6.20 Å². The van der Waals surface area contributed by atoms with Gasteiger partial charge in [0.25, 0.3) is 0 Å². The van der Waals surface area contributed by atoms with Crippen molar-refractivity contribution in [1.29, 1.82) is 0 Å². The van der Waals surface area contributed by atoms with Crippen LogP contribution in [0.1, 0.15) is 27.7 Å². The van der Waals surface area contributed by atoms with Crippen LogP contribution in [0, 0.1) is 10.1 Å². The summed E-state index contributed by atoms with van der Waals surface area (Å²) in [5, 5.41) is 11.2. The van der Waals surface area contributed by atoms with Crippen molar-refractivity contribution in [2.75, 3.05) is 23.4 Å². The van der Waals surface area contributed by atoms with E-state index in [9.17, 15) is 10.1 Å². The number of nitrogen functional groups attached to an aromatic ring is 1. The molecule has 0 amide bonds. The van der Waals surface area contributed by atoms with Crippen molar-refractivity contribution in [3.05, 3.63) is 16.3 Å². The fraction of sp³-hybridized carbons (Fsp3) is 0.667. The number of hydrogen-bond acceptors (Lipinski definition) is 8. The zero-order chi connectivity index (χ0) is 15.8. The molecule has 9 nitrogen and oxygen atoms in total. The van der Waals surface area contributed by atoms with Gasteiger partial charge in [0.1, 0.15) is 6.20 Å². The minimum atomic E-state index is -0.495. The van der Waals surface area contributed by atoms with Crippen LogP contribution in [0.3, 0.4) is 0 Å². The van der Waals surface area contributed by atoms with Crippen molar-refractivity contribution in [2.24, 2.45) is 5.84 Å². The Labute approximate surface area is 122 Å². The van der Waals surface area contributed by atoms with Crippen LogP contribution in [-0.2, 0) is 4.74 Å². The zero-order valence-electron chi connectivity index (χ0n) is 12.6. The number of hydrazine groups is 1. The number of aromatic nitrogens is 2. The van der Waals surface area contributed by atoms with Gasteiger partial charge in [-0.2, -0.15) is 4.98 Å². The molecule has 1 aromatic rings. The van der Waals surface area contributed by atoms with Crippen LogP contribution >= 0.6 is 0 Å². The van der Waals surface area contributed by atoms with Gasteiger partial charge in [-0.3, -0.25) is 15.5 Å². The van der Waals surface area contributed by atoms with Crippen molar-refractivity contribution in [2.45, 2.75) is 38.9 Å². The van der Waals surface area contributed by atoms with Gasteiger partial charge >= 0.3 is 5.69 Å². The zero-order valence-corrected chi connectivity index (χ0v) is 12.6. The highest BCUT2D eigenvalue weighted by Gasteiger charge is 2.40. The molecule has 0 aliphatic carbocycles. The Morgan fingerprint density at radius 1 is 1.38 bits per heavy atom. The van der Waals surface area contributed by atoms with E-state index in [1.165, 1.54) is 0 Å². The normalized spacial score (nSPS) is 20.1. The average Bonchev–Trinajstić information content (AvgIpc) is 2.34. The number of nitrogens with zero attached hydrogens (tertiary/aromatic N) is 4. The lowest BCUT2D eigenvalue weighted by molar-refractivity contribution is -0.384. The van der Waals surface area contributed by atoms with Gasteiger partial charge in [0.2, 0.25) is 11.8 Å². The Morgan fingerprint density at radius 2 is 1.95 bits per heavy atom. The fourth-order valence-electron chi connectivity index (χ4n) is 2.73. The molecule has 1 saturated heterocycles. The van der Waals surface area contributed by atoms with Gasteiger partial charge < -0.3 is 9.64 Å². The molecule has 0 atom stereocenters. The van der Waals surface area contributed by atoms with E-state index in [-0.39, 0.29) is 17.5 Å². The van der Waals surface area contributed by atoms with Crippen LogP contribution in [0.5, 0.6) is 0 Å². The SMILES string of the molecule is CC1(C)CN(c2nc(NN)ncc2[N+](=O)[O-])CC(C)(C)O1. The molecule has 1 aliphatic rings. The van der Waals surface area contributed by atoms with Gasteiger partial charge in [0.15, 0.2) is 0 Å². The largest absolute Gasteiger partial charge is 0.366 e. The van der Waals surface area contributed by atoms with Gasteiger partial charge in [-0.25, -0.2) is 10.8 Å². The summed E-state index contributed by atoms with van der Waals surface area (Å²) in [6.07, 6.45) is 1.16. The summed E-state index contributed by atoms with van der Waals surface area (Å²) in [6, 6.07) is 0. The van der Waals surface area contributed by atoms with Gasteiger partial charge in [-0.15, -0.1) is 0 Å². The third kappa shape index (κ3) is 3.37.